The van der Waals surface area contributed by atoms with Crippen molar-refractivity contribution >= 4 is 0 Å². The van der Waals surface area contributed by atoms with Gasteiger partial charge in [0, 0.05) is 31.8 Å². The van der Waals surface area contributed by atoms with Gasteiger partial charge >= 0.3 is 0 Å². The highest BCUT2D eigenvalue weighted by Gasteiger charge is 2.18. The van der Waals surface area contributed by atoms with Crippen LogP contribution in [0, 0.1) is 0 Å². The minimum absolute atomic E-state index is 0.00983. The summed E-state index contributed by atoms with van der Waals surface area (Å²) in [6.45, 7) is 2.72. The second-order valence-corrected chi connectivity index (χ2v) is 4.18. The first kappa shape index (κ1) is 13.0. The molecule has 1 atom stereocenters. The first-order valence-corrected chi connectivity index (χ1v) is 5.93. The van der Waals surface area contributed by atoms with Crippen molar-refractivity contribution in [3.63, 3.8) is 0 Å². The van der Waals surface area contributed by atoms with Crippen molar-refractivity contribution in [1.29, 1.82) is 0 Å². The van der Waals surface area contributed by atoms with E-state index in [2.05, 4.69) is 0 Å². The fourth-order valence-electron chi connectivity index (χ4n) is 1.76. The summed E-state index contributed by atoms with van der Waals surface area (Å²) in [6.07, 6.45) is 0.797. The van der Waals surface area contributed by atoms with Crippen LogP contribution in [0.2, 0.25) is 0 Å². The predicted molar refractivity (Wildman–Crippen MR) is 65.1 cm³/mol. The maximum Gasteiger partial charge on any atom is 0.231 e. The number of aliphatic hydroxyl groups is 1. The van der Waals surface area contributed by atoms with Gasteiger partial charge in [-0.3, -0.25) is 0 Å². The summed E-state index contributed by atoms with van der Waals surface area (Å²) in [7, 11) is 1.66. The second-order valence-electron chi connectivity index (χ2n) is 4.18. The van der Waals surface area contributed by atoms with E-state index in [-0.39, 0.29) is 19.5 Å². The van der Waals surface area contributed by atoms with Crippen LogP contribution in [-0.4, -0.2) is 31.7 Å². The summed E-state index contributed by atoms with van der Waals surface area (Å²) >= 11 is 0. The average molecular weight is 254 g/mol. The van der Waals surface area contributed by atoms with E-state index in [0.717, 1.165) is 6.42 Å². The lowest BCUT2D eigenvalue weighted by Gasteiger charge is -2.17. The van der Waals surface area contributed by atoms with Gasteiger partial charge in [0.05, 0.1) is 12.7 Å². The molecule has 1 aromatic rings. The van der Waals surface area contributed by atoms with E-state index in [1.165, 1.54) is 0 Å². The van der Waals surface area contributed by atoms with E-state index < -0.39 is 0 Å². The number of methoxy groups -OCH3 is 1. The molecular formula is C13H18O5. The quantitative estimate of drug-likeness (QED) is 0.837. The van der Waals surface area contributed by atoms with E-state index in [4.69, 9.17) is 18.9 Å². The summed E-state index contributed by atoms with van der Waals surface area (Å²) in [5.41, 5.74) is 0.698. The molecule has 0 aliphatic carbocycles. The van der Waals surface area contributed by atoms with Gasteiger partial charge < -0.3 is 24.1 Å². The summed E-state index contributed by atoms with van der Waals surface area (Å²) < 4.78 is 21.3. The molecule has 0 radical (unpaired) electrons. The lowest BCUT2D eigenvalue weighted by atomic mass is 10.2. The first-order chi connectivity index (χ1) is 8.74. The number of fused-ring (bicyclic) bond motifs is 1. The lowest BCUT2D eigenvalue weighted by molar-refractivity contribution is 0.133. The molecule has 0 spiro atoms. The van der Waals surface area contributed by atoms with Gasteiger partial charge in [-0.05, 0) is 13.0 Å². The van der Waals surface area contributed by atoms with Crippen LogP contribution in [0.5, 0.6) is 17.2 Å². The SMILES string of the molecule is COCCC(C)Oc1cc2c(cc1CO)OCO2. The minimum atomic E-state index is -0.0943. The van der Waals surface area contributed by atoms with Gasteiger partial charge in [0.15, 0.2) is 11.5 Å². The highest BCUT2D eigenvalue weighted by Crippen LogP contribution is 2.38. The van der Waals surface area contributed by atoms with Crippen molar-refractivity contribution in [3.8, 4) is 17.2 Å². The molecule has 5 nitrogen and oxygen atoms in total. The van der Waals surface area contributed by atoms with E-state index in [1.54, 1.807) is 19.2 Å². The molecule has 1 unspecified atom stereocenters. The van der Waals surface area contributed by atoms with E-state index in [0.29, 0.717) is 29.4 Å². The average Bonchev–Trinajstić information content (AvgIpc) is 2.82. The van der Waals surface area contributed by atoms with Crippen molar-refractivity contribution < 1.29 is 24.1 Å². The van der Waals surface area contributed by atoms with Gasteiger partial charge in [0.25, 0.3) is 0 Å². The van der Waals surface area contributed by atoms with Crippen LogP contribution in [0.4, 0.5) is 0 Å². The Morgan fingerprint density at radius 2 is 2.06 bits per heavy atom. The van der Waals surface area contributed by atoms with E-state index in [1.807, 2.05) is 6.92 Å². The lowest BCUT2D eigenvalue weighted by Crippen LogP contribution is -2.15. The number of rotatable bonds is 6. The number of aliphatic hydroxyl groups excluding tert-OH is 1. The van der Waals surface area contributed by atoms with Crippen molar-refractivity contribution in [1.82, 2.24) is 0 Å². The van der Waals surface area contributed by atoms with Crippen molar-refractivity contribution in [2.75, 3.05) is 20.5 Å². The number of hydrogen-bond donors (Lipinski definition) is 1. The zero-order valence-corrected chi connectivity index (χ0v) is 10.6. The molecule has 1 heterocycles. The Morgan fingerprint density at radius 1 is 1.33 bits per heavy atom. The van der Waals surface area contributed by atoms with Crippen LogP contribution in [0.25, 0.3) is 0 Å². The number of ether oxygens (including phenoxy) is 4. The molecule has 0 aromatic heterocycles. The third-order valence-electron chi connectivity index (χ3n) is 2.78. The molecular weight excluding hydrogens is 236 g/mol. The highest BCUT2D eigenvalue weighted by molar-refractivity contribution is 5.51. The summed E-state index contributed by atoms with van der Waals surface area (Å²) in [5.74, 6) is 1.93. The fraction of sp³-hybridized carbons (Fsp3) is 0.538. The molecule has 1 aliphatic heterocycles. The third-order valence-corrected chi connectivity index (χ3v) is 2.78. The molecule has 1 aromatic carbocycles. The van der Waals surface area contributed by atoms with Crippen molar-refractivity contribution in [3.05, 3.63) is 17.7 Å². The third kappa shape index (κ3) is 2.86. The Bertz CT molecular complexity index is 405. The molecule has 0 saturated heterocycles. The van der Waals surface area contributed by atoms with Crippen LogP contribution < -0.4 is 14.2 Å². The zero-order chi connectivity index (χ0) is 13.0. The molecule has 0 saturated carbocycles. The molecule has 5 heteroatoms. The van der Waals surface area contributed by atoms with Crippen LogP contribution in [0.1, 0.15) is 18.9 Å². The second kappa shape index (κ2) is 5.93. The van der Waals surface area contributed by atoms with Gasteiger partial charge in [0.1, 0.15) is 5.75 Å². The van der Waals surface area contributed by atoms with Gasteiger partial charge in [-0.25, -0.2) is 0 Å². The topological polar surface area (TPSA) is 57.2 Å². The monoisotopic (exact) mass is 254 g/mol. The fourth-order valence-corrected chi connectivity index (χ4v) is 1.76. The van der Waals surface area contributed by atoms with Crippen molar-refractivity contribution in [2.24, 2.45) is 0 Å². The molecule has 0 bridgehead atoms. The Morgan fingerprint density at radius 3 is 2.72 bits per heavy atom. The molecule has 18 heavy (non-hydrogen) atoms. The Labute approximate surface area is 106 Å². The maximum atomic E-state index is 9.34. The molecule has 0 amide bonds. The standard InChI is InChI=1S/C13H18O5/c1-9(3-4-15-2)18-11-6-13-12(16-8-17-13)5-10(11)7-14/h5-6,9,14H,3-4,7-8H2,1-2H3. The molecule has 1 aliphatic rings. The number of hydrogen-bond acceptors (Lipinski definition) is 5. The van der Waals surface area contributed by atoms with Crippen molar-refractivity contribution in [2.45, 2.75) is 26.1 Å². The number of benzene rings is 1. The highest BCUT2D eigenvalue weighted by atomic mass is 16.7. The van der Waals surface area contributed by atoms with Crippen LogP contribution in [0.3, 0.4) is 0 Å². The molecule has 0 fully saturated rings. The van der Waals surface area contributed by atoms with Gasteiger partial charge in [-0.15, -0.1) is 0 Å². The van der Waals surface area contributed by atoms with Gasteiger partial charge in [0.2, 0.25) is 6.79 Å². The molecule has 100 valence electrons. The Hall–Kier alpha value is -1.46. The summed E-state index contributed by atoms with van der Waals surface area (Å²) in [6, 6.07) is 3.51. The maximum absolute atomic E-state index is 9.34. The van der Waals surface area contributed by atoms with Crippen LogP contribution >= 0.6 is 0 Å². The Kier molecular flexibility index (Phi) is 4.28. The van der Waals surface area contributed by atoms with E-state index >= 15 is 0 Å². The van der Waals surface area contributed by atoms with Gasteiger partial charge in [-0.2, -0.15) is 0 Å². The molecule has 2 rings (SSSR count). The molecule has 1 N–H and O–H groups in total. The smallest absolute Gasteiger partial charge is 0.231 e. The van der Waals surface area contributed by atoms with E-state index in [9.17, 15) is 5.11 Å². The summed E-state index contributed by atoms with van der Waals surface area (Å²) in [4.78, 5) is 0. The normalized spacial score (nSPS) is 14.6. The Balaban J connectivity index is 2.11. The summed E-state index contributed by atoms with van der Waals surface area (Å²) in [5, 5.41) is 9.34. The minimum Gasteiger partial charge on any atom is -0.490 e. The predicted octanol–water partition coefficient (Wildman–Crippen LogP) is 1.71. The zero-order valence-electron chi connectivity index (χ0n) is 10.6. The first-order valence-electron chi connectivity index (χ1n) is 5.93. The largest absolute Gasteiger partial charge is 0.490 e. The van der Waals surface area contributed by atoms with Crippen LogP contribution in [0.15, 0.2) is 12.1 Å². The van der Waals surface area contributed by atoms with Gasteiger partial charge in [-0.1, -0.05) is 0 Å². The van der Waals surface area contributed by atoms with Crippen LogP contribution in [-0.2, 0) is 11.3 Å².